The first-order valence-electron chi connectivity index (χ1n) is 7.21. The molecule has 2 N–H and O–H groups in total. The van der Waals surface area contributed by atoms with Crippen molar-refractivity contribution in [2.24, 2.45) is 5.92 Å². The maximum atomic E-state index is 11.7. The van der Waals surface area contributed by atoms with Gasteiger partial charge < -0.3 is 15.2 Å². The number of rotatable bonds is 9. The minimum absolute atomic E-state index is 0.0805. The highest BCUT2D eigenvalue weighted by Gasteiger charge is 2.23. The number of carboxylic acid groups (broad SMARTS) is 1. The molecule has 1 aromatic carbocycles. The van der Waals surface area contributed by atoms with E-state index in [-0.39, 0.29) is 30.4 Å². The summed E-state index contributed by atoms with van der Waals surface area (Å²) in [4.78, 5) is 33.0. The van der Waals surface area contributed by atoms with E-state index in [1.807, 2.05) is 0 Å². The number of nitro benzene ring substituents is 1. The predicted molar refractivity (Wildman–Crippen MR) is 82.2 cm³/mol. The number of aliphatic carboxylic acids is 1. The molecule has 0 heterocycles. The second kappa shape index (κ2) is 8.72. The van der Waals surface area contributed by atoms with Crippen molar-refractivity contribution in [2.75, 3.05) is 6.61 Å². The van der Waals surface area contributed by atoms with Gasteiger partial charge in [0.1, 0.15) is 6.04 Å². The number of nitro groups is 1. The number of carbonyl (C=O) groups excluding carboxylic acids is 1. The van der Waals surface area contributed by atoms with Gasteiger partial charge in [0.05, 0.1) is 11.5 Å². The summed E-state index contributed by atoms with van der Waals surface area (Å²) in [6.45, 7) is 3.53. The van der Waals surface area contributed by atoms with Gasteiger partial charge in [0, 0.05) is 12.5 Å². The average molecular weight is 324 g/mol. The van der Waals surface area contributed by atoms with Gasteiger partial charge in [-0.3, -0.25) is 14.9 Å². The summed E-state index contributed by atoms with van der Waals surface area (Å²) in [5.41, 5.74) is -0.136. The zero-order valence-corrected chi connectivity index (χ0v) is 13.0. The first-order chi connectivity index (χ1) is 10.8. The summed E-state index contributed by atoms with van der Waals surface area (Å²) >= 11 is 0. The van der Waals surface area contributed by atoms with Gasteiger partial charge in [-0.2, -0.15) is 0 Å². The molecule has 0 spiro atoms. The number of para-hydroxylation sites is 2. The van der Waals surface area contributed by atoms with Crippen LogP contribution in [0.2, 0.25) is 0 Å². The Kier molecular flexibility index (Phi) is 6.98. The van der Waals surface area contributed by atoms with Crippen molar-refractivity contribution in [1.82, 2.24) is 5.32 Å². The van der Waals surface area contributed by atoms with Crippen LogP contribution in [-0.2, 0) is 9.59 Å². The molecule has 0 aromatic heterocycles. The molecule has 0 saturated carbocycles. The molecule has 0 aliphatic carbocycles. The van der Waals surface area contributed by atoms with E-state index in [1.165, 1.54) is 18.2 Å². The molecule has 23 heavy (non-hydrogen) atoms. The number of amides is 1. The minimum atomic E-state index is -1.08. The van der Waals surface area contributed by atoms with Crippen LogP contribution in [0.3, 0.4) is 0 Å². The molecule has 8 nitrogen and oxygen atoms in total. The van der Waals surface area contributed by atoms with E-state index in [9.17, 15) is 19.7 Å². The monoisotopic (exact) mass is 324 g/mol. The van der Waals surface area contributed by atoms with Crippen LogP contribution < -0.4 is 10.1 Å². The molecule has 0 aliphatic rings. The number of nitrogens with zero attached hydrogens (tertiary/aromatic N) is 1. The Balaban J connectivity index is 2.42. The lowest BCUT2D eigenvalue weighted by Crippen LogP contribution is -2.44. The van der Waals surface area contributed by atoms with Crippen LogP contribution in [0.5, 0.6) is 5.75 Å². The molecule has 0 fully saturated rings. The fourth-order valence-electron chi connectivity index (χ4n) is 1.90. The van der Waals surface area contributed by atoms with Gasteiger partial charge in [-0.25, -0.2) is 4.79 Å². The number of hydrogen-bond donors (Lipinski definition) is 2. The van der Waals surface area contributed by atoms with Crippen molar-refractivity contribution >= 4 is 17.6 Å². The lowest BCUT2D eigenvalue weighted by molar-refractivity contribution is -0.385. The summed E-state index contributed by atoms with van der Waals surface area (Å²) < 4.78 is 5.31. The number of carboxylic acids is 1. The van der Waals surface area contributed by atoms with Gasteiger partial charge in [-0.15, -0.1) is 0 Å². The second-order valence-electron chi connectivity index (χ2n) is 5.30. The highest BCUT2D eigenvalue weighted by Crippen LogP contribution is 2.25. The van der Waals surface area contributed by atoms with Gasteiger partial charge in [0.2, 0.25) is 5.91 Å². The van der Waals surface area contributed by atoms with E-state index in [2.05, 4.69) is 5.32 Å². The number of carbonyl (C=O) groups is 2. The van der Waals surface area contributed by atoms with E-state index in [4.69, 9.17) is 9.84 Å². The molecule has 126 valence electrons. The predicted octanol–water partition coefficient (Wildman–Crippen LogP) is 1.98. The maximum Gasteiger partial charge on any atom is 0.326 e. The molecule has 1 aromatic rings. The molecule has 1 amide bonds. The molecule has 1 rings (SSSR count). The lowest BCUT2D eigenvalue weighted by atomic mass is 10.0. The van der Waals surface area contributed by atoms with Crippen molar-refractivity contribution in [3.05, 3.63) is 34.4 Å². The third kappa shape index (κ3) is 5.93. The quantitative estimate of drug-likeness (QED) is 0.407. The molecular weight excluding hydrogens is 304 g/mol. The molecule has 0 aliphatic heterocycles. The first-order valence-corrected chi connectivity index (χ1v) is 7.21. The van der Waals surface area contributed by atoms with Gasteiger partial charge in [-0.05, 0) is 18.4 Å². The normalized spacial score (nSPS) is 11.8. The highest BCUT2D eigenvalue weighted by molar-refractivity contribution is 5.83. The summed E-state index contributed by atoms with van der Waals surface area (Å²) in [5, 5.41) is 22.3. The summed E-state index contributed by atoms with van der Waals surface area (Å²) in [6.07, 6.45) is 0.402. The molecule has 1 atom stereocenters. The van der Waals surface area contributed by atoms with Gasteiger partial charge in [-0.1, -0.05) is 26.0 Å². The number of benzene rings is 1. The van der Waals surface area contributed by atoms with E-state index >= 15 is 0 Å². The Morgan fingerprint density at radius 3 is 2.57 bits per heavy atom. The van der Waals surface area contributed by atoms with E-state index in [1.54, 1.807) is 19.9 Å². The Labute approximate surface area is 133 Å². The van der Waals surface area contributed by atoms with E-state index in [0.717, 1.165) is 0 Å². The zero-order valence-electron chi connectivity index (χ0n) is 13.0. The minimum Gasteiger partial charge on any atom is -0.487 e. The van der Waals surface area contributed by atoms with Crippen molar-refractivity contribution in [1.29, 1.82) is 0 Å². The molecule has 1 unspecified atom stereocenters. The van der Waals surface area contributed by atoms with Crippen molar-refractivity contribution in [2.45, 2.75) is 32.7 Å². The molecular formula is C15H20N2O6. The Morgan fingerprint density at radius 2 is 2.00 bits per heavy atom. The van der Waals surface area contributed by atoms with Crippen LogP contribution in [0.25, 0.3) is 0 Å². The van der Waals surface area contributed by atoms with E-state index < -0.39 is 22.8 Å². The fourth-order valence-corrected chi connectivity index (χ4v) is 1.90. The van der Waals surface area contributed by atoms with Crippen LogP contribution in [0, 0.1) is 16.0 Å². The SMILES string of the molecule is CC(C)C(NC(=O)CCCOc1ccccc1[N+](=O)[O-])C(=O)O. The second-order valence-corrected chi connectivity index (χ2v) is 5.30. The third-order valence-electron chi connectivity index (χ3n) is 3.12. The molecule has 0 radical (unpaired) electrons. The topological polar surface area (TPSA) is 119 Å². The molecule has 8 heteroatoms. The van der Waals surface area contributed by atoms with Crippen LogP contribution >= 0.6 is 0 Å². The third-order valence-corrected chi connectivity index (χ3v) is 3.12. The molecule has 0 bridgehead atoms. The van der Waals surface area contributed by atoms with Gasteiger partial charge in [0.25, 0.3) is 0 Å². The Morgan fingerprint density at radius 1 is 1.35 bits per heavy atom. The standard InChI is InChI=1S/C15H20N2O6/c1-10(2)14(15(19)20)16-13(18)8-5-9-23-12-7-4-3-6-11(12)17(21)22/h3-4,6-7,10,14H,5,8-9H2,1-2H3,(H,16,18)(H,19,20). The maximum absolute atomic E-state index is 11.7. The smallest absolute Gasteiger partial charge is 0.326 e. The van der Waals surface area contributed by atoms with Gasteiger partial charge >= 0.3 is 11.7 Å². The van der Waals surface area contributed by atoms with Crippen LogP contribution in [0.15, 0.2) is 24.3 Å². The average Bonchev–Trinajstić information content (AvgIpc) is 2.48. The number of nitrogens with one attached hydrogen (secondary N) is 1. The van der Waals surface area contributed by atoms with Crippen LogP contribution in [-0.4, -0.2) is 34.6 Å². The Bertz CT molecular complexity index is 573. The highest BCUT2D eigenvalue weighted by atomic mass is 16.6. The fraction of sp³-hybridized carbons (Fsp3) is 0.467. The van der Waals surface area contributed by atoms with Crippen molar-refractivity contribution in [3.63, 3.8) is 0 Å². The number of hydrogen-bond acceptors (Lipinski definition) is 5. The lowest BCUT2D eigenvalue weighted by Gasteiger charge is -2.17. The van der Waals surface area contributed by atoms with Crippen molar-refractivity contribution < 1.29 is 24.4 Å². The summed E-state index contributed by atoms with van der Waals surface area (Å²) in [6, 6.07) is 5.05. The summed E-state index contributed by atoms with van der Waals surface area (Å²) in [5.74, 6) is -1.55. The number of ether oxygens (including phenoxy) is 1. The van der Waals surface area contributed by atoms with E-state index in [0.29, 0.717) is 6.42 Å². The van der Waals surface area contributed by atoms with Gasteiger partial charge in [0.15, 0.2) is 5.75 Å². The largest absolute Gasteiger partial charge is 0.487 e. The first kappa shape index (κ1) is 18.4. The van der Waals surface area contributed by atoms with Crippen LogP contribution in [0.1, 0.15) is 26.7 Å². The van der Waals surface area contributed by atoms with Crippen molar-refractivity contribution in [3.8, 4) is 5.75 Å². The summed E-state index contributed by atoms with van der Waals surface area (Å²) in [7, 11) is 0. The zero-order chi connectivity index (χ0) is 17.4. The Hall–Kier alpha value is -2.64. The molecule has 0 saturated heterocycles. The van der Waals surface area contributed by atoms with Crippen LogP contribution in [0.4, 0.5) is 5.69 Å².